The largest absolute Gasteiger partial charge is 0.368 e. The fourth-order valence-corrected chi connectivity index (χ4v) is 1.75. The number of azide groups is 1. The molecule has 0 bridgehead atoms. The molecule has 1 amide bonds. The monoisotopic (exact) mass is 236 g/mol. The van der Waals surface area contributed by atoms with E-state index in [1.807, 2.05) is 0 Å². The quantitative estimate of drug-likeness (QED) is 0.452. The number of nitrogen functional groups attached to an aromatic ring is 1. The van der Waals surface area contributed by atoms with Gasteiger partial charge in [-0.05, 0) is 11.4 Å². The Morgan fingerprint density at radius 1 is 1.71 bits per heavy atom. The third-order valence-electron chi connectivity index (χ3n) is 2.64. The van der Waals surface area contributed by atoms with Gasteiger partial charge in [0, 0.05) is 31.5 Å². The molecule has 17 heavy (non-hydrogen) atoms. The molecule has 1 fully saturated rings. The van der Waals surface area contributed by atoms with Crippen LogP contribution in [0, 0.1) is 5.92 Å². The highest BCUT2D eigenvalue weighted by Gasteiger charge is 2.32. The van der Waals surface area contributed by atoms with Gasteiger partial charge in [0.1, 0.15) is 0 Å². The van der Waals surface area contributed by atoms with Crippen molar-refractivity contribution in [2.45, 2.75) is 6.42 Å². The van der Waals surface area contributed by atoms with Crippen molar-refractivity contribution >= 4 is 17.8 Å². The van der Waals surface area contributed by atoms with Crippen LogP contribution in [0.4, 0.5) is 11.9 Å². The molecule has 1 aliphatic heterocycles. The SMILES string of the molecule is Cn1nc(N2CC(CN=[N+]=[N-])CC2=O)nc1N. The Kier molecular flexibility index (Phi) is 2.84. The first-order chi connectivity index (χ1) is 8.11. The Hall–Kier alpha value is -2.28. The first-order valence-corrected chi connectivity index (χ1v) is 5.09. The lowest BCUT2D eigenvalue weighted by molar-refractivity contribution is -0.117. The fourth-order valence-electron chi connectivity index (χ4n) is 1.75. The van der Waals surface area contributed by atoms with Crippen LogP contribution in [0.25, 0.3) is 10.4 Å². The van der Waals surface area contributed by atoms with Gasteiger partial charge in [0.15, 0.2) is 0 Å². The normalized spacial score (nSPS) is 19.5. The van der Waals surface area contributed by atoms with E-state index in [1.165, 1.54) is 9.58 Å². The lowest BCUT2D eigenvalue weighted by atomic mass is 10.1. The van der Waals surface area contributed by atoms with E-state index in [4.69, 9.17) is 11.3 Å². The number of carbonyl (C=O) groups is 1. The van der Waals surface area contributed by atoms with Gasteiger partial charge >= 0.3 is 0 Å². The van der Waals surface area contributed by atoms with Crippen LogP contribution < -0.4 is 10.6 Å². The summed E-state index contributed by atoms with van der Waals surface area (Å²) in [4.78, 5) is 19.9. The third-order valence-corrected chi connectivity index (χ3v) is 2.64. The summed E-state index contributed by atoms with van der Waals surface area (Å²) in [5.74, 6) is 0.502. The van der Waals surface area contributed by atoms with E-state index in [9.17, 15) is 4.79 Å². The molecule has 2 rings (SSSR count). The Balaban J connectivity index is 2.12. The van der Waals surface area contributed by atoms with E-state index in [0.717, 1.165) is 0 Å². The predicted molar refractivity (Wildman–Crippen MR) is 59.9 cm³/mol. The van der Waals surface area contributed by atoms with E-state index < -0.39 is 0 Å². The molecule has 90 valence electrons. The van der Waals surface area contributed by atoms with E-state index in [0.29, 0.717) is 25.5 Å². The van der Waals surface area contributed by atoms with Crippen LogP contribution in [0.5, 0.6) is 0 Å². The van der Waals surface area contributed by atoms with Crippen molar-refractivity contribution in [2.24, 2.45) is 18.1 Å². The first kappa shape index (κ1) is 11.2. The number of nitrogens with two attached hydrogens (primary N) is 1. The van der Waals surface area contributed by atoms with E-state index in [2.05, 4.69) is 20.1 Å². The van der Waals surface area contributed by atoms with Crippen molar-refractivity contribution in [3.8, 4) is 0 Å². The summed E-state index contributed by atoms with van der Waals surface area (Å²) < 4.78 is 1.41. The summed E-state index contributed by atoms with van der Waals surface area (Å²) in [6, 6.07) is 0. The Morgan fingerprint density at radius 3 is 3.06 bits per heavy atom. The van der Waals surface area contributed by atoms with Crippen LogP contribution in [0.2, 0.25) is 0 Å². The van der Waals surface area contributed by atoms with Gasteiger partial charge in [-0.3, -0.25) is 9.69 Å². The van der Waals surface area contributed by atoms with Gasteiger partial charge in [-0.15, -0.1) is 5.10 Å². The third kappa shape index (κ3) is 2.13. The fraction of sp³-hybridized carbons (Fsp3) is 0.625. The highest BCUT2D eigenvalue weighted by atomic mass is 16.2. The summed E-state index contributed by atoms with van der Waals surface area (Å²) in [5.41, 5.74) is 13.8. The van der Waals surface area contributed by atoms with Crippen LogP contribution in [0.15, 0.2) is 5.11 Å². The Bertz CT molecular complexity index is 468. The van der Waals surface area contributed by atoms with E-state index in [-0.39, 0.29) is 17.8 Å². The molecular weight excluding hydrogens is 224 g/mol. The average molecular weight is 236 g/mol. The maximum Gasteiger partial charge on any atom is 0.253 e. The number of carbonyl (C=O) groups excluding carboxylic acids is 1. The number of anilines is 2. The summed E-state index contributed by atoms with van der Waals surface area (Å²) >= 11 is 0. The molecule has 9 heteroatoms. The van der Waals surface area contributed by atoms with Crippen molar-refractivity contribution in [1.82, 2.24) is 14.8 Å². The average Bonchev–Trinajstić information content (AvgIpc) is 2.80. The Morgan fingerprint density at radius 2 is 2.47 bits per heavy atom. The minimum absolute atomic E-state index is 0.0171. The first-order valence-electron chi connectivity index (χ1n) is 5.09. The van der Waals surface area contributed by atoms with Crippen LogP contribution >= 0.6 is 0 Å². The molecule has 1 aliphatic rings. The zero-order chi connectivity index (χ0) is 12.4. The van der Waals surface area contributed by atoms with Gasteiger partial charge in [-0.1, -0.05) is 5.11 Å². The molecule has 1 atom stereocenters. The predicted octanol–water partition coefficient (Wildman–Crippen LogP) is 0.0605. The van der Waals surface area contributed by atoms with Gasteiger partial charge in [-0.25, -0.2) is 4.68 Å². The highest BCUT2D eigenvalue weighted by molar-refractivity contribution is 5.94. The number of nitrogens with zero attached hydrogens (tertiary/aromatic N) is 7. The number of hydrogen-bond donors (Lipinski definition) is 1. The molecule has 9 nitrogen and oxygen atoms in total. The maximum absolute atomic E-state index is 11.7. The summed E-state index contributed by atoms with van der Waals surface area (Å²) in [6.07, 6.45) is 0.344. The second-order valence-electron chi connectivity index (χ2n) is 3.88. The minimum atomic E-state index is -0.0752. The van der Waals surface area contributed by atoms with Gasteiger partial charge in [0.25, 0.3) is 5.95 Å². The second-order valence-corrected chi connectivity index (χ2v) is 3.88. The van der Waals surface area contributed by atoms with Crippen LogP contribution in [0.1, 0.15) is 6.42 Å². The van der Waals surface area contributed by atoms with Crippen molar-refractivity contribution in [3.05, 3.63) is 10.4 Å². The number of aryl methyl sites for hydroxylation is 1. The number of amides is 1. The molecule has 0 radical (unpaired) electrons. The van der Waals surface area contributed by atoms with Gasteiger partial charge in [-0.2, -0.15) is 4.98 Å². The van der Waals surface area contributed by atoms with Crippen molar-refractivity contribution in [3.63, 3.8) is 0 Å². The van der Waals surface area contributed by atoms with Gasteiger partial charge in [0.05, 0.1) is 0 Å². The Labute approximate surface area is 96.8 Å². The van der Waals surface area contributed by atoms with Crippen molar-refractivity contribution in [1.29, 1.82) is 0 Å². The number of rotatable bonds is 3. The van der Waals surface area contributed by atoms with Crippen molar-refractivity contribution in [2.75, 3.05) is 23.7 Å². The molecule has 0 saturated carbocycles. The van der Waals surface area contributed by atoms with Gasteiger partial charge < -0.3 is 5.73 Å². The zero-order valence-corrected chi connectivity index (χ0v) is 9.31. The second kappa shape index (κ2) is 4.30. The molecule has 2 heterocycles. The van der Waals surface area contributed by atoms with E-state index >= 15 is 0 Å². The molecule has 2 N–H and O–H groups in total. The number of aromatic nitrogens is 3. The van der Waals surface area contributed by atoms with E-state index in [1.54, 1.807) is 7.05 Å². The summed E-state index contributed by atoms with van der Waals surface area (Å²) in [7, 11) is 1.66. The lowest BCUT2D eigenvalue weighted by Crippen LogP contribution is -2.26. The summed E-state index contributed by atoms with van der Waals surface area (Å²) in [6.45, 7) is 0.766. The molecular formula is C8H12N8O. The minimum Gasteiger partial charge on any atom is -0.368 e. The molecule has 1 aromatic rings. The molecule has 0 spiro atoms. The smallest absolute Gasteiger partial charge is 0.253 e. The topological polar surface area (TPSA) is 126 Å². The number of hydrogen-bond acceptors (Lipinski definition) is 5. The zero-order valence-electron chi connectivity index (χ0n) is 9.31. The highest BCUT2D eigenvalue weighted by Crippen LogP contribution is 2.23. The lowest BCUT2D eigenvalue weighted by Gasteiger charge is -2.10. The van der Waals surface area contributed by atoms with Crippen molar-refractivity contribution < 1.29 is 4.79 Å². The molecule has 1 unspecified atom stereocenters. The van der Waals surface area contributed by atoms with Crippen LogP contribution in [0.3, 0.4) is 0 Å². The van der Waals surface area contributed by atoms with Crippen LogP contribution in [-0.4, -0.2) is 33.8 Å². The molecule has 1 aromatic heterocycles. The molecule has 0 aliphatic carbocycles. The summed E-state index contributed by atoms with van der Waals surface area (Å²) in [5, 5.41) is 7.51. The van der Waals surface area contributed by atoms with Crippen LogP contribution in [-0.2, 0) is 11.8 Å². The molecule has 1 saturated heterocycles. The standard InChI is InChI=1S/C8H12N8O/c1-15-7(9)12-8(13-15)16-4-5(2-6(16)17)3-11-14-10/h5H,2-4H2,1H3,(H2,9,12,13). The molecule has 0 aromatic carbocycles. The van der Waals surface area contributed by atoms with Gasteiger partial charge in [0.2, 0.25) is 11.9 Å². The maximum atomic E-state index is 11.7.